The maximum atomic E-state index is 13.3. The highest BCUT2D eigenvalue weighted by Gasteiger charge is 2.41. The van der Waals surface area contributed by atoms with E-state index in [2.05, 4.69) is 4.98 Å². The molecule has 1 amide bonds. The molecule has 170 valence electrons. The van der Waals surface area contributed by atoms with Gasteiger partial charge in [0, 0.05) is 30.8 Å². The number of hydrogen-bond donors (Lipinski definition) is 2. The second kappa shape index (κ2) is 8.05. The van der Waals surface area contributed by atoms with Gasteiger partial charge in [0.2, 0.25) is 5.91 Å². The summed E-state index contributed by atoms with van der Waals surface area (Å²) in [5.74, 6) is 0.880. The molecule has 9 nitrogen and oxygen atoms in total. The van der Waals surface area contributed by atoms with E-state index in [0.29, 0.717) is 18.5 Å². The Balaban J connectivity index is 1.64. The number of rotatable bonds is 4. The predicted octanol–water partition coefficient (Wildman–Crippen LogP) is 1.54. The molecule has 1 aliphatic heterocycles. The number of imidazole rings is 1. The molecule has 3 heterocycles. The van der Waals surface area contributed by atoms with Crippen LogP contribution in [0.25, 0.3) is 11.0 Å². The van der Waals surface area contributed by atoms with Gasteiger partial charge in [0.15, 0.2) is 0 Å². The molecule has 1 aliphatic rings. The van der Waals surface area contributed by atoms with Crippen molar-refractivity contribution in [3.05, 3.63) is 62.7 Å². The Labute approximate surface area is 185 Å². The molecule has 32 heavy (non-hydrogen) atoms. The van der Waals surface area contributed by atoms with Gasteiger partial charge in [-0.15, -0.1) is 0 Å². The number of carbonyl (C=O) groups excluding carboxylic acids is 1. The lowest BCUT2D eigenvalue weighted by Crippen LogP contribution is -2.55. The van der Waals surface area contributed by atoms with Gasteiger partial charge < -0.3 is 14.6 Å². The number of likely N-dealkylation sites (tertiary alicyclic amines) is 1. The molecule has 0 unspecified atom stereocenters. The normalized spacial score (nSPS) is 21.4. The van der Waals surface area contributed by atoms with Crippen molar-refractivity contribution >= 4 is 16.9 Å². The van der Waals surface area contributed by atoms with Crippen LogP contribution >= 0.6 is 0 Å². The lowest BCUT2D eigenvalue weighted by atomic mass is 9.88. The number of H-pyrrole nitrogens is 1. The topological polar surface area (TPSA) is 113 Å². The smallest absolute Gasteiger partial charge is 0.328 e. The molecule has 0 bridgehead atoms. The number of piperidine rings is 1. The van der Waals surface area contributed by atoms with E-state index in [9.17, 15) is 19.5 Å². The van der Waals surface area contributed by atoms with E-state index in [4.69, 9.17) is 4.98 Å². The van der Waals surface area contributed by atoms with Crippen molar-refractivity contribution in [1.29, 1.82) is 0 Å². The second-order valence-corrected chi connectivity index (χ2v) is 9.14. The summed E-state index contributed by atoms with van der Waals surface area (Å²) in [5, 5.41) is 11.0. The molecular weight excluding hydrogens is 410 g/mol. The first kappa shape index (κ1) is 22.0. The Morgan fingerprint density at radius 1 is 1.31 bits per heavy atom. The van der Waals surface area contributed by atoms with Crippen molar-refractivity contribution in [2.75, 3.05) is 13.1 Å². The molecule has 2 aromatic heterocycles. The average molecular weight is 440 g/mol. The van der Waals surface area contributed by atoms with Crippen molar-refractivity contribution in [3.63, 3.8) is 0 Å². The average Bonchev–Trinajstić information content (AvgIpc) is 3.09. The summed E-state index contributed by atoms with van der Waals surface area (Å²) in [7, 11) is 0. The summed E-state index contributed by atoms with van der Waals surface area (Å²) < 4.78 is 3.28. The summed E-state index contributed by atoms with van der Waals surface area (Å²) in [6.45, 7) is 8.02. The fraction of sp³-hybridized carbons (Fsp3) is 0.478. The number of aryl methyl sites for hydroxylation is 1. The predicted molar refractivity (Wildman–Crippen MR) is 121 cm³/mol. The zero-order valence-electron chi connectivity index (χ0n) is 18.8. The molecule has 0 radical (unpaired) electrons. The highest BCUT2D eigenvalue weighted by molar-refractivity contribution is 5.81. The number of aliphatic hydroxyl groups is 1. The summed E-state index contributed by atoms with van der Waals surface area (Å²) >= 11 is 0. The third-order valence-corrected chi connectivity index (χ3v) is 6.33. The Bertz CT molecular complexity index is 1280. The summed E-state index contributed by atoms with van der Waals surface area (Å²) in [4.78, 5) is 46.2. The molecule has 0 spiro atoms. The zero-order valence-corrected chi connectivity index (χ0v) is 18.8. The lowest BCUT2D eigenvalue weighted by Gasteiger charge is -2.43. The highest BCUT2D eigenvalue weighted by Crippen LogP contribution is 2.31. The van der Waals surface area contributed by atoms with Crippen LogP contribution < -0.4 is 11.2 Å². The zero-order chi connectivity index (χ0) is 23.2. The first-order chi connectivity index (χ1) is 15.1. The van der Waals surface area contributed by atoms with Gasteiger partial charge in [0.05, 0.1) is 22.7 Å². The minimum Gasteiger partial charge on any atom is -0.388 e. The molecule has 1 aromatic carbocycles. The van der Waals surface area contributed by atoms with Crippen LogP contribution in [0.3, 0.4) is 0 Å². The summed E-state index contributed by atoms with van der Waals surface area (Å²) in [6, 6.07) is 7.06. The van der Waals surface area contributed by atoms with Gasteiger partial charge in [0.25, 0.3) is 5.56 Å². The second-order valence-electron chi connectivity index (χ2n) is 9.14. The lowest BCUT2D eigenvalue weighted by molar-refractivity contribution is -0.138. The van der Waals surface area contributed by atoms with Crippen LogP contribution in [-0.4, -0.2) is 53.7 Å². The van der Waals surface area contributed by atoms with Crippen molar-refractivity contribution in [1.82, 2.24) is 24.0 Å². The monoisotopic (exact) mass is 439 g/mol. The third-order valence-electron chi connectivity index (χ3n) is 6.33. The van der Waals surface area contributed by atoms with Crippen molar-refractivity contribution < 1.29 is 9.90 Å². The third kappa shape index (κ3) is 3.88. The summed E-state index contributed by atoms with van der Waals surface area (Å²) in [5.41, 5.74) is -0.131. The van der Waals surface area contributed by atoms with Crippen LogP contribution in [0, 0.1) is 6.92 Å². The van der Waals surface area contributed by atoms with E-state index < -0.39 is 22.9 Å². The molecule has 0 saturated carbocycles. The minimum absolute atomic E-state index is 0.107. The van der Waals surface area contributed by atoms with E-state index in [1.165, 1.54) is 10.8 Å². The van der Waals surface area contributed by atoms with Crippen LogP contribution in [0.15, 0.2) is 40.1 Å². The van der Waals surface area contributed by atoms with E-state index in [1.807, 2.05) is 42.7 Å². The number of hydrogen-bond acceptors (Lipinski definition) is 5. The number of benzene rings is 1. The first-order valence-electron chi connectivity index (χ1n) is 10.9. The SMILES string of the molecule is Cc1cn([C@@H]2CN(C(=O)Cn3c(C(C)C)nc4ccccc43)CC[C@@]2(C)O)c(=O)[nH]c1=O. The molecular formula is C23H29N5O4. The van der Waals surface area contributed by atoms with Gasteiger partial charge in [-0.3, -0.25) is 19.1 Å². The standard InChI is InChI=1S/C23H29N5O4/c1-14(2)20-24-16-7-5-6-8-17(16)27(20)13-19(29)26-10-9-23(4,32)18(12-26)28-11-15(3)21(30)25-22(28)31/h5-8,11,14,18,32H,9-10,12-13H2,1-4H3,(H,25,30,31)/t18-,23-/m1/s1. The van der Waals surface area contributed by atoms with Crippen molar-refractivity contribution in [2.24, 2.45) is 0 Å². The maximum Gasteiger partial charge on any atom is 0.328 e. The maximum absolute atomic E-state index is 13.3. The number of aromatic amines is 1. The minimum atomic E-state index is -1.20. The van der Waals surface area contributed by atoms with Crippen LogP contribution in [0.2, 0.25) is 0 Å². The van der Waals surface area contributed by atoms with Gasteiger partial charge in [0.1, 0.15) is 12.4 Å². The largest absolute Gasteiger partial charge is 0.388 e. The van der Waals surface area contributed by atoms with Crippen molar-refractivity contribution in [2.45, 2.75) is 58.2 Å². The first-order valence-corrected chi connectivity index (χ1v) is 10.9. The molecule has 1 saturated heterocycles. The Hall–Kier alpha value is -3.20. The van der Waals surface area contributed by atoms with E-state index in [-0.39, 0.29) is 24.9 Å². The van der Waals surface area contributed by atoms with Gasteiger partial charge in [-0.05, 0) is 32.4 Å². The molecule has 4 rings (SSSR count). The van der Waals surface area contributed by atoms with Crippen LogP contribution in [0.1, 0.15) is 50.5 Å². The van der Waals surface area contributed by atoms with Crippen LogP contribution in [0.4, 0.5) is 0 Å². The van der Waals surface area contributed by atoms with E-state index in [0.717, 1.165) is 16.9 Å². The van der Waals surface area contributed by atoms with Crippen molar-refractivity contribution in [3.8, 4) is 0 Å². The van der Waals surface area contributed by atoms with E-state index in [1.54, 1.807) is 18.7 Å². The number of aromatic nitrogens is 4. The molecule has 2 N–H and O–H groups in total. The molecule has 1 fully saturated rings. The highest BCUT2D eigenvalue weighted by atomic mass is 16.3. The quantitative estimate of drug-likeness (QED) is 0.640. The van der Waals surface area contributed by atoms with Gasteiger partial charge in [-0.1, -0.05) is 26.0 Å². The Kier molecular flexibility index (Phi) is 5.54. The number of para-hydroxylation sites is 2. The Morgan fingerprint density at radius 3 is 2.75 bits per heavy atom. The summed E-state index contributed by atoms with van der Waals surface area (Å²) in [6.07, 6.45) is 1.77. The fourth-order valence-corrected chi connectivity index (χ4v) is 4.39. The van der Waals surface area contributed by atoms with Crippen LogP contribution in [-0.2, 0) is 11.3 Å². The van der Waals surface area contributed by atoms with Crippen LogP contribution in [0.5, 0.6) is 0 Å². The van der Waals surface area contributed by atoms with E-state index >= 15 is 0 Å². The number of nitrogens with one attached hydrogen (secondary N) is 1. The number of fused-ring (bicyclic) bond motifs is 1. The molecule has 9 heteroatoms. The fourth-order valence-electron chi connectivity index (χ4n) is 4.39. The number of carbonyl (C=O) groups is 1. The van der Waals surface area contributed by atoms with Gasteiger partial charge in [-0.25, -0.2) is 9.78 Å². The van der Waals surface area contributed by atoms with Gasteiger partial charge in [-0.2, -0.15) is 0 Å². The number of amides is 1. The van der Waals surface area contributed by atoms with Gasteiger partial charge >= 0.3 is 5.69 Å². The molecule has 3 aromatic rings. The Morgan fingerprint density at radius 2 is 2.03 bits per heavy atom. The number of nitrogens with zero attached hydrogens (tertiary/aromatic N) is 4. The molecule has 2 atom stereocenters. The molecule has 0 aliphatic carbocycles.